The predicted molar refractivity (Wildman–Crippen MR) is 52.3 cm³/mol. The third kappa shape index (κ3) is 1.33. The van der Waals surface area contributed by atoms with Crippen molar-refractivity contribution in [2.75, 3.05) is 13.2 Å². The number of benzene rings is 1. The first-order valence-electron chi connectivity index (χ1n) is 4.79. The minimum atomic E-state index is -0.262. The molecule has 1 aliphatic carbocycles. The molecule has 0 aromatic heterocycles. The van der Waals surface area contributed by atoms with E-state index >= 15 is 0 Å². The summed E-state index contributed by atoms with van der Waals surface area (Å²) < 4.78 is 13.4. The largest absolute Gasteiger partial charge is 0.396 e. The molecule has 0 heterocycles. The molecule has 2 atom stereocenters. The lowest BCUT2D eigenvalue weighted by Crippen LogP contribution is -2.21. The van der Waals surface area contributed by atoms with Gasteiger partial charge >= 0.3 is 0 Å². The Hall–Kier alpha value is -0.930. The second-order valence-electron chi connectivity index (χ2n) is 4.00. The van der Waals surface area contributed by atoms with Gasteiger partial charge in [0, 0.05) is 12.0 Å². The molecule has 0 spiro atoms. The lowest BCUT2D eigenvalue weighted by molar-refractivity contribution is 0.211. The average Bonchev–Trinajstić information content (AvgIpc) is 2.94. The van der Waals surface area contributed by atoms with Crippen LogP contribution in [0, 0.1) is 11.2 Å². The normalized spacial score (nSPS) is 30.4. The van der Waals surface area contributed by atoms with Gasteiger partial charge in [-0.15, -0.1) is 0 Å². The average molecular weight is 195 g/mol. The summed E-state index contributed by atoms with van der Waals surface area (Å²) in [4.78, 5) is 0. The highest BCUT2D eigenvalue weighted by Crippen LogP contribution is 2.58. The summed E-state index contributed by atoms with van der Waals surface area (Å²) in [6.07, 6.45) is 0.793. The minimum absolute atomic E-state index is 0.0441. The van der Waals surface area contributed by atoms with Crippen LogP contribution in [0.15, 0.2) is 24.3 Å². The van der Waals surface area contributed by atoms with Crippen LogP contribution in [0.3, 0.4) is 0 Å². The number of halogens is 1. The van der Waals surface area contributed by atoms with Crippen molar-refractivity contribution in [3.8, 4) is 0 Å². The Morgan fingerprint density at radius 2 is 2.21 bits per heavy atom. The van der Waals surface area contributed by atoms with E-state index in [9.17, 15) is 9.50 Å². The lowest BCUT2D eigenvalue weighted by Gasteiger charge is -2.11. The van der Waals surface area contributed by atoms with Gasteiger partial charge in [-0.3, -0.25) is 0 Å². The predicted octanol–water partition coefficient (Wildman–Crippen LogP) is 1.25. The molecule has 0 radical (unpaired) electrons. The highest BCUT2D eigenvalue weighted by Gasteiger charge is 2.54. The maximum atomic E-state index is 13.4. The van der Waals surface area contributed by atoms with E-state index in [4.69, 9.17) is 5.73 Å². The zero-order valence-corrected chi connectivity index (χ0v) is 7.91. The minimum Gasteiger partial charge on any atom is -0.396 e. The van der Waals surface area contributed by atoms with Crippen LogP contribution in [0.4, 0.5) is 4.39 Å². The molecule has 1 aromatic rings. The van der Waals surface area contributed by atoms with Gasteiger partial charge in [0.2, 0.25) is 0 Å². The summed E-state index contributed by atoms with van der Waals surface area (Å²) in [5, 5.41) is 9.18. The number of rotatable bonds is 3. The summed E-state index contributed by atoms with van der Waals surface area (Å²) in [5.74, 6) is -0.0972. The number of nitrogens with two attached hydrogens (primary N) is 1. The molecule has 1 saturated carbocycles. The van der Waals surface area contributed by atoms with E-state index in [1.54, 1.807) is 12.1 Å². The Labute approximate surface area is 82.5 Å². The molecule has 1 fully saturated rings. The van der Waals surface area contributed by atoms with Gasteiger partial charge in [-0.05, 0) is 24.0 Å². The van der Waals surface area contributed by atoms with E-state index in [-0.39, 0.29) is 23.8 Å². The van der Waals surface area contributed by atoms with Crippen molar-refractivity contribution >= 4 is 0 Å². The van der Waals surface area contributed by atoms with Crippen molar-refractivity contribution in [1.29, 1.82) is 0 Å². The molecule has 0 aliphatic heterocycles. The number of hydrogen-bond donors (Lipinski definition) is 2. The third-order valence-corrected chi connectivity index (χ3v) is 3.19. The van der Waals surface area contributed by atoms with Crippen LogP contribution in [0.5, 0.6) is 0 Å². The molecular formula is C11H14FNO. The van der Waals surface area contributed by atoms with E-state index < -0.39 is 0 Å². The molecule has 3 heteroatoms. The summed E-state index contributed by atoms with van der Waals surface area (Å²) in [6.45, 7) is 0.463. The van der Waals surface area contributed by atoms with Crippen LogP contribution < -0.4 is 5.73 Å². The fourth-order valence-electron chi connectivity index (χ4n) is 2.01. The first-order chi connectivity index (χ1) is 6.73. The molecule has 1 aliphatic rings. The first kappa shape index (κ1) is 9.62. The fraction of sp³-hybridized carbons (Fsp3) is 0.455. The zero-order valence-electron chi connectivity index (χ0n) is 7.91. The summed E-state index contributed by atoms with van der Waals surface area (Å²) >= 11 is 0. The molecule has 0 saturated heterocycles. The van der Waals surface area contributed by atoms with Crippen LogP contribution in [0.25, 0.3) is 0 Å². The van der Waals surface area contributed by atoms with Gasteiger partial charge in [-0.25, -0.2) is 4.39 Å². The summed E-state index contributed by atoms with van der Waals surface area (Å²) in [6, 6.07) is 6.71. The van der Waals surface area contributed by atoms with Crippen LogP contribution in [0.2, 0.25) is 0 Å². The van der Waals surface area contributed by atoms with Crippen LogP contribution >= 0.6 is 0 Å². The van der Waals surface area contributed by atoms with E-state index in [0.29, 0.717) is 12.1 Å². The van der Waals surface area contributed by atoms with Gasteiger partial charge in [0.15, 0.2) is 0 Å². The summed E-state index contributed by atoms with van der Waals surface area (Å²) in [7, 11) is 0. The Morgan fingerprint density at radius 1 is 1.50 bits per heavy atom. The van der Waals surface area contributed by atoms with Gasteiger partial charge < -0.3 is 10.8 Å². The van der Waals surface area contributed by atoms with Gasteiger partial charge in [0.1, 0.15) is 5.82 Å². The highest BCUT2D eigenvalue weighted by molar-refractivity contribution is 5.31. The molecule has 0 amide bonds. The Balaban J connectivity index is 2.24. The molecule has 0 bridgehead atoms. The van der Waals surface area contributed by atoms with Gasteiger partial charge in [-0.2, -0.15) is 0 Å². The summed E-state index contributed by atoms with van der Waals surface area (Å²) in [5.41, 5.74) is 6.00. The van der Waals surface area contributed by atoms with E-state index in [0.717, 1.165) is 6.42 Å². The molecular weight excluding hydrogens is 181 g/mol. The highest BCUT2D eigenvalue weighted by atomic mass is 19.1. The Morgan fingerprint density at radius 3 is 2.71 bits per heavy atom. The molecule has 14 heavy (non-hydrogen) atoms. The number of aliphatic hydroxyl groups excluding tert-OH is 1. The van der Waals surface area contributed by atoms with Crippen molar-refractivity contribution in [2.24, 2.45) is 11.1 Å². The quantitative estimate of drug-likeness (QED) is 0.762. The van der Waals surface area contributed by atoms with Gasteiger partial charge in [-0.1, -0.05) is 18.2 Å². The van der Waals surface area contributed by atoms with E-state index in [1.807, 2.05) is 6.07 Å². The van der Waals surface area contributed by atoms with Crippen LogP contribution in [-0.4, -0.2) is 18.3 Å². The van der Waals surface area contributed by atoms with Gasteiger partial charge in [0.25, 0.3) is 0 Å². The second kappa shape index (κ2) is 3.33. The monoisotopic (exact) mass is 195 g/mol. The smallest absolute Gasteiger partial charge is 0.126 e. The van der Waals surface area contributed by atoms with Crippen molar-refractivity contribution in [2.45, 2.75) is 12.3 Å². The SMILES string of the molecule is NC[C@]1(CO)C[C@H]1c1ccccc1F. The Kier molecular flexibility index (Phi) is 2.29. The van der Waals surface area contributed by atoms with Crippen molar-refractivity contribution in [3.05, 3.63) is 35.6 Å². The van der Waals surface area contributed by atoms with E-state index in [1.165, 1.54) is 6.07 Å². The Bertz CT molecular complexity index is 336. The number of hydrogen-bond acceptors (Lipinski definition) is 2. The standard InChI is InChI=1S/C11H14FNO/c12-10-4-2-1-3-8(10)9-5-11(9,6-13)7-14/h1-4,9,14H,5-7,13H2/t9-,11-/m0/s1. The molecule has 2 nitrogen and oxygen atoms in total. The van der Waals surface area contributed by atoms with Crippen LogP contribution in [0.1, 0.15) is 17.9 Å². The first-order valence-corrected chi connectivity index (χ1v) is 4.79. The maximum absolute atomic E-state index is 13.4. The topological polar surface area (TPSA) is 46.2 Å². The maximum Gasteiger partial charge on any atom is 0.126 e. The molecule has 3 N–H and O–H groups in total. The van der Waals surface area contributed by atoms with Crippen LogP contribution in [-0.2, 0) is 0 Å². The molecule has 2 rings (SSSR count). The van der Waals surface area contributed by atoms with Crippen molar-refractivity contribution in [1.82, 2.24) is 0 Å². The molecule has 0 unspecified atom stereocenters. The van der Waals surface area contributed by atoms with Gasteiger partial charge in [0.05, 0.1) is 6.61 Å². The van der Waals surface area contributed by atoms with Crippen molar-refractivity contribution in [3.63, 3.8) is 0 Å². The second-order valence-corrected chi connectivity index (χ2v) is 4.00. The molecule has 1 aromatic carbocycles. The van der Waals surface area contributed by atoms with E-state index in [2.05, 4.69) is 0 Å². The third-order valence-electron chi connectivity index (χ3n) is 3.19. The zero-order chi connectivity index (χ0) is 10.2. The van der Waals surface area contributed by atoms with Crippen molar-refractivity contribution < 1.29 is 9.50 Å². The molecule has 76 valence electrons. The lowest BCUT2D eigenvalue weighted by atomic mass is 10.00. The number of aliphatic hydroxyl groups is 1. The fourth-order valence-corrected chi connectivity index (χ4v) is 2.01.